The number of halogens is 1. The highest BCUT2D eigenvalue weighted by molar-refractivity contribution is 6.30. The number of rotatable bonds is 5. The number of carbonyl (C=O) groups is 4. The van der Waals surface area contributed by atoms with Crippen LogP contribution in [0.1, 0.15) is 48.8 Å². The average molecular weight is 663 g/mol. The second kappa shape index (κ2) is 12.0. The molecule has 11 nitrogen and oxygen atoms in total. The lowest BCUT2D eigenvalue weighted by molar-refractivity contribution is -0.184. The molecule has 2 aromatic rings. The Morgan fingerprint density at radius 2 is 1.68 bits per heavy atom. The van der Waals surface area contributed by atoms with Gasteiger partial charge >= 0.3 is 5.97 Å². The van der Waals surface area contributed by atoms with E-state index in [-0.39, 0.29) is 11.3 Å². The lowest BCUT2D eigenvalue weighted by Gasteiger charge is -2.54. The first-order chi connectivity index (χ1) is 22.3. The molecule has 1 amide bonds. The van der Waals surface area contributed by atoms with Gasteiger partial charge in [-0.25, -0.2) is 0 Å². The van der Waals surface area contributed by atoms with Crippen LogP contribution in [0.15, 0.2) is 59.4 Å². The summed E-state index contributed by atoms with van der Waals surface area (Å²) in [6.45, 7) is 0. The van der Waals surface area contributed by atoms with Crippen molar-refractivity contribution >= 4 is 52.5 Å². The van der Waals surface area contributed by atoms with Gasteiger partial charge in [0.15, 0.2) is 11.4 Å². The van der Waals surface area contributed by atoms with Crippen LogP contribution in [-0.4, -0.2) is 80.6 Å². The van der Waals surface area contributed by atoms with Gasteiger partial charge in [-0.1, -0.05) is 61.2 Å². The molecule has 5 atom stereocenters. The first kappa shape index (κ1) is 32.5. The summed E-state index contributed by atoms with van der Waals surface area (Å²) in [5.41, 5.74) is 2.14. The van der Waals surface area contributed by atoms with E-state index in [4.69, 9.17) is 22.1 Å². The Kier molecular flexibility index (Phi) is 8.27. The number of esters is 1. The largest absolute Gasteiger partial charge is 0.508 e. The molecule has 6 N–H and O–H groups in total. The van der Waals surface area contributed by atoms with Crippen LogP contribution in [0.4, 0.5) is 0 Å². The third kappa shape index (κ3) is 5.04. The molecule has 4 aliphatic rings. The van der Waals surface area contributed by atoms with E-state index >= 15 is 0 Å². The summed E-state index contributed by atoms with van der Waals surface area (Å²) in [7, 11) is 2.96. The number of aromatic hydroxyl groups is 1. The molecular formula is C35H35ClN2O9. The minimum absolute atomic E-state index is 0.124. The van der Waals surface area contributed by atoms with Crippen LogP contribution in [0.25, 0.3) is 17.4 Å². The van der Waals surface area contributed by atoms with Crippen molar-refractivity contribution in [2.45, 2.75) is 49.9 Å². The van der Waals surface area contributed by atoms with Crippen molar-refractivity contribution in [1.82, 2.24) is 4.90 Å². The molecule has 12 heteroatoms. The molecule has 0 bridgehead atoms. The van der Waals surface area contributed by atoms with Gasteiger partial charge in [0, 0.05) is 5.02 Å². The zero-order chi connectivity index (χ0) is 33.9. The second-order valence-corrected chi connectivity index (χ2v) is 13.2. The number of phenolic OH excluding ortho intramolecular Hbond substituents is 1. The summed E-state index contributed by atoms with van der Waals surface area (Å²) >= 11 is 6.14. The van der Waals surface area contributed by atoms with Crippen molar-refractivity contribution in [2.24, 2.45) is 23.5 Å². The highest BCUT2D eigenvalue weighted by Gasteiger charge is 2.69. The number of carbonyl (C=O) groups excluding carboxylic acids is 4. The number of ether oxygens (including phenoxy) is 1. The maximum absolute atomic E-state index is 14.7. The maximum Gasteiger partial charge on any atom is 0.309 e. The van der Waals surface area contributed by atoms with Crippen LogP contribution in [0.5, 0.6) is 5.75 Å². The Bertz CT molecular complexity index is 1790. The molecule has 0 saturated heterocycles. The van der Waals surface area contributed by atoms with Gasteiger partial charge in [-0.05, 0) is 61.8 Å². The van der Waals surface area contributed by atoms with Gasteiger partial charge in [-0.2, -0.15) is 0 Å². The van der Waals surface area contributed by atoms with Crippen LogP contribution in [0.2, 0.25) is 5.02 Å². The molecule has 4 aliphatic carbocycles. The third-order valence-corrected chi connectivity index (χ3v) is 10.1. The van der Waals surface area contributed by atoms with Crippen molar-refractivity contribution in [3.8, 4) is 5.75 Å². The number of Topliss-reactive ketones (excluding diaryl/α,β-unsaturated/α-hetero) is 2. The number of likely N-dealkylation sites (N-methyl/N-ethyl adjacent to an activating group) is 1. The molecule has 2 saturated carbocycles. The number of benzene rings is 2. The number of ketones is 2. The van der Waals surface area contributed by atoms with Crippen LogP contribution in [-0.2, 0) is 23.9 Å². The zero-order valence-electron chi connectivity index (χ0n) is 25.8. The number of hydrogen-bond donors (Lipinski definition) is 5. The molecular weight excluding hydrogens is 628 g/mol. The zero-order valence-corrected chi connectivity index (χ0v) is 26.5. The number of nitrogens with zero attached hydrogens (tertiary/aromatic N) is 1. The third-order valence-electron chi connectivity index (χ3n) is 9.89. The molecule has 246 valence electrons. The first-order valence-corrected chi connectivity index (χ1v) is 15.8. The van der Waals surface area contributed by atoms with E-state index in [9.17, 15) is 39.6 Å². The molecule has 0 heterocycles. The highest BCUT2D eigenvalue weighted by atomic mass is 35.5. The van der Waals surface area contributed by atoms with E-state index in [0.717, 1.165) is 19.3 Å². The predicted molar refractivity (Wildman–Crippen MR) is 172 cm³/mol. The Morgan fingerprint density at radius 3 is 2.30 bits per heavy atom. The SMILES string of the molecule is CN(C)[C@H]1C(=O)C(C(N)=O)=C(O)[C@]2(O)C(=O)C3=C(O)c4c(O)cccc4/C(=C\c4ccc(Cl)cc4)[C@@H]3[C@@H](OC(=O)C3CCCCC3)[C@H]12. The van der Waals surface area contributed by atoms with Gasteiger partial charge in [-0.15, -0.1) is 0 Å². The fourth-order valence-corrected chi connectivity index (χ4v) is 7.85. The Morgan fingerprint density at radius 1 is 1.02 bits per heavy atom. The van der Waals surface area contributed by atoms with Crippen molar-refractivity contribution in [3.05, 3.63) is 81.1 Å². The molecule has 6 rings (SSSR count). The van der Waals surface area contributed by atoms with Gasteiger partial charge in [-0.3, -0.25) is 24.1 Å². The molecule has 47 heavy (non-hydrogen) atoms. The Hall–Kier alpha value is -4.45. The summed E-state index contributed by atoms with van der Waals surface area (Å²) in [6.07, 6.45) is 3.79. The van der Waals surface area contributed by atoms with Crippen LogP contribution < -0.4 is 5.73 Å². The Balaban J connectivity index is 1.68. The number of fused-ring (bicyclic) bond motifs is 3. The molecule has 0 radical (unpaired) electrons. The highest BCUT2D eigenvalue weighted by Crippen LogP contribution is 2.57. The fourth-order valence-electron chi connectivity index (χ4n) is 7.73. The molecule has 2 fully saturated rings. The number of phenols is 1. The van der Waals surface area contributed by atoms with Crippen LogP contribution in [0.3, 0.4) is 0 Å². The van der Waals surface area contributed by atoms with Gasteiger partial charge in [0.05, 0.1) is 34.9 Å². The molecule has 0 unspecified atom stereocenters. The fraction of sp³-hybridized carbons (Fsp3) is 0.371. The van der Waals surface area contributed by atoms with Gasteiger partial charge < -0.3 is 30.9 Å². The molecule has 0 aliphatic heterocycles. The summed E-state index contributed by atoms with van der Waals surface area (Å²) in [4.78, 5) is 56.3. The topological polar surface area (TPSA) is 188 Å². The monoisotopic (exact) mass is 662 g/mol. The number of hydrogen-bond acceptors (Lipinski definition) is 10. The second-order valence-electron chi connectivity index (χ2n) is 12.8. The number of aliphatic hydroxyl groups is 3. The number of amides is 1. The maximum atomic E-state index is 14.7. The quantitative estimate of drug-likeness (QED) is 0.233. The molecule has 2 aromatic carbocycles. The van der Waals surface area contributed by atoms with Crippen molar-refractivity contribution in [1.29, 1.82) is 0 Å². The predicted octanol–water partition coefficient (Wildman–Crippen LogP) is 3.72. The van der Waals surface area contributed by atoms with E-state index < -0.39 is 81.6 Å². The van der Waals surface area contributed by atoms with E-state index in [2.05, 4.69) is 0 Å². The minimum Gasteiger partial charge on any atom is -0.508 e. The lowest BCUT2D eigenvalue weighted by atomic mass is 9.55. The Labute approximate surface area is 275 Å². The smallest absolute Gasteiger partial charge is 0.309 e. The van der Waals surface area contributed by atoms with Crippen LogP contribution >= 0.6 is 11.6 Å². The number of aliphatic hydroxyl groups excluding tert-OH is 2. The van der Waals surface area contributed by atoms with Gasteiger partial charge in [0.2, 0.25) is 5.78 Å². The van der Waals surface area contributed by atoms with Gasteiger partial charge in [0.1, 0.15) is 28.9 Å². The van der Waals surface area contributed by atoms with Crippen molar-refractivity contribution < 1.29 is 44.3 Å². The molecule has 0 aromatic heterocycles. The standard InChI is InChI=1S/C35H35ClN2O9/c1-38(2)27-26-30(47-34(45)17-7-4-3-5-8-17)23-20(15-16-11-13-18(36)14-12-16)19-9-6-10-21(39)22(19)28(40)24(23)31(42)35(26,46)32(43)25(29(27)41)33(37)44/h6,9-15,17,23,26-27,30,39-40,43,46H,3-5,7-8H2,1-2H3,(H2,37,44)/b20-15+/t23-,26-,27+,30+,35+/m0/s1. The first-order valence-electron chi connectivity index (χ1n) is 15.4. The summed E-state index contributed by atoms with van der Waals surface area (Å²) in [6, 6.07) is 9.72. The van der Waals surface area contributed by atoms with Gasteiger partial charge in [0.25, 0.3) is 5.91 Å². The summed E-state index contributed by atoms with van der Waals surface area (Å²) in [5, 5.41) is 47.0. The van der Waals surface area contributed by atoms with E-state index in [1.807, 2.05) is 0 Å². The van der Waals surface area contributed by atoms with E-state index in [0.29, 0.717) is 34.6 Å². The summed E-state index contributed by atoms with van der Waals surface area (Å²) in [5.74, 6) is -10.0. The lowest BCUT2D eigenvalue weighted by Crippen LogP contribution is -2.70. The number of nitrogens with two attached hydrogens (primary N) is 1. The normalized spacial score (nSPS) is 28.7. The molecule has 0 spiro atoms. The van der Waals surface area contributed by atoms with E-state index in [1.54, 1.807) is 42.5 Å². The van der Waals surface area contributed by atoms with Crippen LogP contribution in [0, 0.1) is 17.8 Å². The summed E-state index contributed by atoms with van der Waals surface area (Å²) < 4.78 is 6.29. The minimum atomic E-state index is -3.03. The average Bonchev–Trinajstić information content (AvgIpc) is 3.03. The number of primary amides is 1. The van der Waals surface area contributed by atoms with E-state index in [1.165, 1.54) is 25.1 Å². The van der Waals surface area contributed by atoms with Crippen molar-refractivity contribution in [2.75, 3.05) is 14.1 Å². The van der Waals surface area contributed by atoms with Crippen molar-refractivity contribution in [3.63, 3.8) is 0 Å².